The summed E-state index contributed by atoms with van der Waals surface area (Å²) in [7, 11) is 1.36. The molecule has 0 fully saturated rings. The second-order valence-corrected chi connectivity index (χ2v) is 4.86. The van der Waals surface area contributed by atoms with Crippen molar-refractivity contribution in [3.05, 3.63) is 40.8 Å². The van der Waals surface area contributed by atoms with Gasteiger partial charge in [0.25, 0.3) is 0 Å². The number of nitrogens with zero attached hydrogens (tertiary/aromatic N) is 3. The van der Waals surface area contributed by atoms with Gasteiger partial charge in [-0.05, 0) is 24.6 Å². The van der Waals surface area contributed by atoms with Gasteiger partial charge in [-0.15, -0.1) is 0 Å². The van der Waals surface area contributed by atoms with Crippen molar-refractivity contribution in [1.82, 2.24) is 20.0 Å². The van der Waals surface area contributed by atoms with Crippen LogP contribution in [0.25, 0.3) is 16.6 Å². The Bertz CT molecular complexity index is 822. The Morgan fingerprint density at radius 1 is 1.48 bits per heavy atom. The fourth-order valence-electron chi connectivity index (χ4n) is 2.32. The van der Waals surface area contributed by atoms with Gasteiger partial charge in [0.15, 0.2) is 5.15 Å². The Hall–Kier alpha value is -2.34. The standard InChI is InChI=1S/C14H13ClN4O2/c1-3-12-10(14(20)21-2)7-16-19(12)8-4-5-11-9(6-8)13(15)18-17-11/h4-7H,3H2,1-2H3,(H,17,18). The van der Waals surface area contributed by atoms with E-state index in [9.17, 15) is 4.79 Å². The SMILES string of the molecule is CCc1c(C(=O)OC)cnn1-c1ccc2[nH]nc(Cl)c2c1. The minimum atomic E-state index is -0.388. The van der Waals surface area contributed by atoms with Crippen molar-refractivity contribution in [3.8, 4) is 5.69 Å². The lowest BCUT2D eigenvalue weighted by atomic mass is 10.2. The minimum Gasteiger partial charge on any atom is -0.465 e. The number of hydrogen-bond donors (Lipinski definition) is 1. The molecule has 0 aliphatic heterocycles. The second kappa shape index (κ2) is 5.21. The number of hydrogen-bond acceptors (Lipinski definition) is 4. The number of carbonyl (C=O) groups is 1. The van der Waals surface area contributed by atoms with Crippen LogP contribution in [0.1, 0.15) is 23.0 Å². The van der Waals surface area contributed by atoms with Crippen LogP contribution in [0.5, 0.6) is 0 Å². The highest BCUT2D eigenvalue weighted by Crippen LogP contribution is 2.24. The lowest BCUT2D eigenvalue weighted by molar-refractivity contribution is 0.0599. The van der Waals surface area contributed by atoms with Crippen molar-refractivity contribution in [2.24, 2.45) is 0 Å². The van der Waals surface area contributed by atoms with Gasteiger partial charge in [-0.2, -0.15) is 10.2 Å². The average molecular weight is 305 g/mol. The van der Waals surface area contributed by atoms with E-state index in [1.165, 1.54) is 13.3 Å². The minimum absolute atomic E-state index is 0.388. The molecule has 2 heterocycles. The van der Waals surface area contributed by atoms with E-state index in [1.807, 2.05) is 25.1 Å². The highest BCUT2D eigenvalue weighted by Gasteiger charge is 2.18. The number of nitrogens with one attached hydrogen (secondary N) is 1. The number of methoxy groups -OCH3 is 1. The fraction of sp³-hybridized carbons (Fsp3) is 0.214. The van der Waals surface area contributed by atoms with Crippen molar-refractivity contribution in [2.45, 2.75) is 13.3 Å². The van der Waals surface area contributed by atoms with Crippen molar-refractivity contribution < 1.29 is 9.53 Å². The number of esters is 1. The second-order valence-electron chi connectivity index (χ2n) is 4.51. The summed E-state index contributed by atoms with van der Waals surface area (Å²) in [5.41, 5.74) is 2.93. The topological polar surface area (TPSA) is 72.8 Å². The number of aromatic nitrogens is 4. The summed E-state index contributed by atoms with van der Waals surface area (Å²) < 4.78 is 6.49. The van der Waals surface area contributed by atoms with Crippen LogP contribution in [0, 0.1) is 0 Å². The molecule has 0 saturated heterocycles. The number of fused-ring (bicyclic) bond motifs is 1. The average Bonchev–Trinajstić information content (AvgIpc) is 3.10. The molecule has 0 amide bonds. The van der Waals surface area contributed by atoms with Crippen LogP contribution in [0.4, 0.5) is 0 Å². The van der Waals surface area contributed by atoms with E-state index in [-0.39, 0.29) is 5.97 Å². The largest absolute Gasteiger partial charge is 0.465 e. The van der Waals surface area contributed by atoms with E-state index in [2.05, 4.69) is 15.3 Å². The molecule has 7 heteroatoms. The molecule has 6 nitrogen and oxygen atoms in total. The van der Waals surface area contributed by atoms with Gasteiger partial charge in [-0.25, -0.2) is 9.48 Å². The molecule has 0 aliphatic carbocycles. The van der Waals surface area contributed by atoms with Crippen LogP contribution in [0.3, 0.4) is 0 Å². The van der Waals surface area contributed by atoms with Gasteiger partial charge in [0, 0.05) is 5.39 Å². The Morgan fingerprint density at radius 3 is 3.00 bits per heavy atom. The summed E-state index contributed by atoms with van der Waals surface area (Å²) in [6.07, 6.45) is 2.17. The van der Waals surface area contributed by atoms with Crippen LogP contribution >= 0.6 is 11.6 Å². The number of carbonyl (C=O) groups excluding carboxylic acids is 1. The van der Waals surface area contributed by atoms with Crippen LogP contribution in [-0.2, 0) is 11.2 Å². The van der Waals surface area contributed by atoms with Crippen molar-refractivity contribution in [3.63, 3.8) is 0 Å². The van der Waals surface area contributed by atoms with E-state index in [0.29, 0.717) is 17.1 Å². The molecule has 0 atom stereocenters. The van der Waals surface area contributed by atoms with Crippen LogP contribution in [0.15, 0.2) is 24.4 Å². The first-order chi connectivity index (χ1) is 10.2. The zero-order valence-corrected chi connectivity index (χ0v) is 12.3. The number of H-pyrrole nitrogens is 1. The maximum Gasteiger partial charge on any atom is 0.341 e. The predicted octanol–water partition coefficient (Wildman–Crippen LogP) is 2.75. The zero-order valence-electron chi connectivity index (χ0n) is 11.6. The van der Waals surface area contributed by atoms with Crippen molar-refractivity contribution in [1.29, 1.82) is 0 Å². The van der Waals surface area contributed by atoms with Gasteiger partial charge in [-0.3, -0.25) is 5.10 Å². The summed E-state index contributed by atoms with van der Waals surface area (Å²) in [6.45, 7) is 1.96. The summed E-state index contributed by atoms with van der Waals surface area (Å²) in [4.78, 5) is 11.8. The molecule has 3 aromatic rings. The Kier molecular flexibility index (Phi) is 3.39. The van der Waals surface area contributed by atoms with E-state index in [1.54, 1.807) is 4.68 Å². The number of aromatic amines is 1. The van der Waals surface area contributed by atoms with Crippen molar-refractivity contribution >= 4 is 28.5 Å². The van der Waals surface area contributed by atoms with E-state index in [4.69, 9.17) is 16.3 Å². The molecule has 0 spiro atoms. The number of halogens is 1. The van der Waals surface area contributed by atoms with Gasteiger partial charge < -0.3 is 4.74 Å². The maximum absolute atomic E-state index is 11.8. The van der Waals surface area contributed by atoms with Crippen molar-refractivity contribution in [2.75, 3.05) is 7.11 Å². The molecule has 108 valence electrons. The summed E-state index contributed by atoms with van der Waals surface area (Å²) in [6, 6.07) is 5.65. The van der Waals surface area contributed by atoms with Gasteiger partial charge in [-0.1, -0.05) is 18.5 Å². The Morgan fingerprint density at radius 2 is 2.29 bits per heavy atom. The highest BCUT2D eigenvalue weighted by atomic mass is 35.5. The van der Waals surface area contributed by atoms with Crippen LogP contribution in [-0.4, -0.2) is 33.1 Å². The summed E-state index contributed by atoms with van der Waals surface area (Å²) in [5.74, 6) is -0.388. The molecule has 1 N–H and O–H groups in total. The molecule has 0 saturated carbocycles. The quantitative estimate of drug-likeness (QED) is 0.755. The number of benzene rings is 1. The molecule has 0 unspecified atom stereocenters. The third-order valence-corrected chi connectivity index (χ3v) is 3.64. The first-order valence-corrected chi connectivity index (χ1v) is 6.82. The fourth-order valence-corrected chi connectivity index (χ4v) is 2.52. The maximum atomic E-state index is 11.8. The van der Waals surface area contributed by atoms with Gasteiger partial charge >= 0.3 is 5.97 Å². The molecule has 21 heavy (non-hydrogen) atoms. The normalized spacial score (nSPS) is 11.0. The smallest absolute Gasteiger partial charge is 0.341 e. The summed E-state index contributed by atoms with van der Waals surface area (Å²) >= 11 is 6.04. The van der Waals surface area contributed by atoms with Crippen LogP contribution < -0.4 is 0 Å². The molecule has 3 rings (SSSR count). The third-order valence-electron chi connectivity index (χ3n) is 3.35. The molecule has 0 aliphatic rings. The molecule has 0 bridgehead atoms. The Labute approximate surface area is 125 Å². The zero-order chi connectivity index (χ0) is 15.0. The monoisotopic (exact) mass is 304 g/mol. The first-order valence-electron chi connectivity index (χ1n) is 6.45. The Balaban J connectivity index is 2.15. The lowest BCUT2D eigenvalue weighted by Crippen LogP contribution is -2.07. The van der Waals surface area contributed by atoms with E-state index >= 15 is 0 Å². The van der Waals surface area contributed by atoms with Gasteiger partial charge in [0.2, 0.25) is 0 Å². The van der Waals surface area contributed by atoms with E-state index < -0.39 is 0 Å². The molecule has 0 radical (unpaired) electrons. The molecule has 1 aromatic carbocycles. The number of rotatable bonds is 3. The highest BCUT2D eigenvalue weighted by molar-refractivity contribution is 6.34. The van der Waals surface area contributed by atoms with Gasteiger partial charge in [0.1, 0.15) is 5.56 Å². The lowest BCUT2D eigenvalue weighted by Gasteiger charge is -2.07. The molecular formula is C14H13ClN4O2. The predicted molar refractivity (Wildman–Crippen MR) is 78.9 cm³/mol. The molecular weight excluding hydrogens is 292 g/mol. The number of ether oxygens (including phenoxy) is 1. The molecule has 2 aromatic heterocycles. The third kappa shape index (κ3) is 2.17. The summed E-state index contributed by atoms with van der Waals surface area (Å²) in [5, 5.41) is 12.3. The van der Waals surface area contributed by atoms with Crippen LogP contribution in [0.2, 0.25) is 5.15 Å². The van der Waals surface area contributed by atoms with Gasteiger partial charge in [0.05, 0.1) is 30.2 Å². The van der Waals surface area contributed by atoms with E-state index in [0.717, 1.165) is 22.3 Å². The first kappa shape index (κ1) is 13.6.